The van der Waals surface area contributed by atoms with Crippen molar-refractivity contribution in [1.29, 1.82) is 0 Å². The number of likely N-dealkylation sites (tertiary alicyclic amines) is 2. The van der Waals surface area contributed by atoms with Crippen LogP contribution in [-0.2, 0) is 9.59 Å². The molecule has 5 nitrogen and oxygen atoms in total. The number of aromatic nitrogens is 1. The fourth-order valence-electron chi connectivity index (χ4n) is 4.11. The molecule has 4 rings (SSSR count). The van der Waals surface area contributed by atoms with Gasteiger partial charge in [-0.05, 0) is 50.7 Å². The number of hydrogen-bond acceptors (Lipinski definition) is 3. The van der Waals surface area contributed by atoms with E-state index >= 15 is 0 Å². The highest BCUT2D eigenvalue weighted by Crippen LogP contribution is 2.35. The maximum absolute atomic E-state index is 13.1. The second-order valence-corrected chi connectivity index (χ2v) is 7.34. The monoisotopic (exact) mass is 327 g/mol. The van der Waals surface area contributed by atoms with Gasteiger partial charge in [0.1, 0.15) is 0 Å². The molecule has 3 aliphatic rings. The van der Waals surface area contributed by atoms with Crippen LogP contribution >= 0.6 is 0 Å². The minimum atomic E-state index is -0.0363. The molecule has 2 atom stereocenters. The fraction of sp³-hybridized carbons (Fsp3) is 0.632. The van der Waals surface area contributed by atoms with Crippen molar-refractivity contribution in [3.63, 3.8) is 0 Å². The SMILES string of the molecule is O=C(C1CC1)N1CCC[C@H](C(=O)N2CCC[C@@H]2c2ccccn2)C1. The number of amides is 2. The lowest BCUT2D eigenvalue weighted by molar-refractivity contribution is -0.142. The fourth-order valence-corrected chi connectivity index (χ4v) is 4.11. The number of hydrogen-bond donors (Lipinski definition) is 0. The van der Waals surface area contributed by atoms with Gasteiger partial charge in [-0.3, -0.25) is 14.6 Å². The third-order valence-corrected chi connectivity index (χ3v) is 5.57. The highest BCUT2D eigenvalue weighted by molar-refractivity contribution is 5.84. The van der Waals surface area contributed by atoms with E-state index in [1.165, 1.54) is 0 Å². The lowest BCUT2D eigenvalue weighted by atomic mass is 9.95. The quantitative estimate of drug-likeness (QED) is 0.856. The van der Waals surface area contributed by atoms with Crippen molar-refractivity contribution >= 4 is 11.8 Å². The van der Waals surface area contributed by atoms with Gasteiger partial charge in [0.15, 0.2) is 0 Å². The van der Waals surface area contributed by atoms with Crippen molar-refractivity contribution in [2.75, 3.05) is 19.6 Å². The van der Waals surface area contributed by atoms with Crippen molar-refractivity contribution in [3.8, 4) is 0 Å². The van der Waals surface area contributed by atoms with Gasteiger partial charge in [0.25, 0.3) is 0 Å². The van der Waals surface area contributed by atoms with E-state index in [9.17, 15) is 9.59 Å². The number of carbonyl (C=O) groups excluding carboxylic acids is 2. The Bertz CT molecular complexity index is 614. The van der Waals surface area contributed by atoms with Crippen LogP contribution in [0, 0.1) is 11.8 Å². The van der Waals surface area contributed by atoms with E-state index in [2.05, 4.69) is 4.98 Å². The van der Waals surface area contributed by atoms with Gasteiger partial charge < -0.3 is 9.80 Å². The number of nitrogens with zero attached hydrogens (tertiary/aromatic N) is 3. The van der Waals surface area contributed by atoms with E-state index in [1.54, 1.807) is 6.20 Å². The van der Waals surface area contributed by atoms with E-state index in [0.29, 0.717) is 6.54 Å². The van der Waals surface area contributed by atoms with Crippen LogP contribution in [0.3, 0.4) is 0 Å². The van der Waals surface area contributed by atoms with Crippen LogP contribution in [0.25, 0.3) is 0 Å². The van der Waals surface area contributed by atoms with Crippen molar-refractivity contribution in [1.82, 2.24) is 14.8 Å². The highest BCUT2D eigenvalue weighted by Gasteiger charge is 2.39. The van der Waals surface area contributed by atoms with E-state index in [1.807, 2.05) is 28.0 Å². The summed E-state index contributed by atoms with van der Waals surface area (Å²) in [6.07, 6.45) is 7.72. The Hall–Kier alpha value is -1.91. The predicted molar refractivity (Wildman–Crippen MR) is 90.0 cm³/mol. The third-order valence-electron chi connectivity index (χ3n) is 5.57. The number of carbonyl (C=O) groups is 2. The minimum absolute atomic E-state index is 0.0363. The Balaban J connectivity index is 1.45. The zero-order chi connectivity index (χ0) is 16.5. The molecule has 1 aromatic rings. The molecule has 1 saturated carbocycles. The summed E-state index contributed by atoms with van der Waals surface area (Å²) in [5.41, 5.74) is 0.991. The van der Waals surface area contributed by atoms with Gasteiger partial charge in [0, 0.05) is 31.7 Å². The molecule has 24 heavy (non-hydrogen) atoms. The molecule has 0 N–H and O–H groups in total. The lowest BCUT2D eigenvalue weighted by Gasteiger charge is -2.35. The van der Waals surface area contributed by atoms with Crippen LogP contribution in [0.5, 0.6) is 0 Å². The minimum Gasteiger partial charge on any atom is -0.342 e. The average Bonchev–Trinajstić information content (AvgIpc) is 3.38. The second-order valence-electron chi connectivity index (χ2n) is 7.34. The summed E-state index contributed by atoms with van der Waals surface area (Å²) in [5, 5.41) is 0. The largest absolute Gasteiger partial charge is 0.342 e. The van der Waals surface area contributed by atoms with Crippen molar-refractivity contribution in [2.45, 2.75) is 44.6 Å². The zero-order valence-electron chi connectivity index (χ0n) is 14.1. The predicted octanol–water partition coefficient (Wildman–Crippen LogP) is 2.39. The van der Waals surface area contributed by atoms with Crippen LogP contribution in [0.2, 0.25) is 0 Å². The normalized spacial score (nSPS) is 27.3. The molecule has 0 spiro atoms. The molecule has 0 aromatic carbocycles. The van der Waals surface area contributed by atoms with Gasteiger partial charge in [-0.25, -0.2) is 0 Å². The van der Waals surface area contributed by atoms with Crippen molar-refractivity contribution < 1.29 is 9.59 Å². The Morgan fingerprint density at radius 1 is 0.958 bits per heavy atom. The van der Waals surface area contributed by atoms with E-state index < -0.39 is 0 Å². The molecular formula is C19H25N3O2. The smallest absolute Gasteiger partial charge is 0.228 e. The molecule has 0 bridgehead atoms. The maximum Gasteiger partial charge on any atom is 0.228 e. The van der Waals surface area contributed by atoms with Crippen LogP contribution in [0.4, 0.5) is 0 Å². The Kier molecular flexibility index (Phi) is 4.25. The first-order chi connectivity index (χ1) is 11.7. The number of rotatable bonds is 3. The highest BCUT2D eigenvalue weighted by atomic mass is 16.2. The standard InChI is InChI=1S/C19H25N3O2/c23-18(14-8-9-14)21-11-3-5-15(13-21)19(24)22-12-4-7-17(22)16-6-1-2-10-20-16/h1-2,6,10,14-15,17H,3-5,7-9,11-13H2/t15-,17+/m0/s1. The summed E-state index contributed by atoms with van der Waals surface area (Å²) < 4.78 is 0. The van der Waals surface area contributed by atoms with Crippen LogP contribution in [0.1, 0.15) is 50.3 Å². The number of pyridine rings is 1. The molecule has 0 unspecified atom stereocenters. The molecule has 0 radical (unpaired) electrons. The molecule has 1 aliphatic carbocycles. The molecule has 2 aliphatic heterocycles. The first-order valence-electron chi connectivity index (χ1n) is 9.24. The molecule has 2 saturated heterocycles. The summed E-state index contributed by atoms with van der Waals surface area (Å²) in [7, 11) is 0. The van der Waals surface area contributed by atoms with Crippen LogP contribution < -0.4 is 0 Å². The molecule has 1 aromatic heterocycles. The van der Waals surface area contributed by atoms with Gasteiger partial charge in [0.05, 0.1) is 17.7 Å². The van der Waals surface area contributed by atoms with E-state index in [4.69, 9.17) is 0 Å². The molecule has 2 amide bonds. The van der Waals surface area contributed by atoms with Gasteiger partial charge in [0.2, 0.25) is 11.8 Å². The first kappa shape index (κ1) is 15.6. The van der Waals surface area contributed by atoms with Gasteiger partial charge in [-0.15, -0.1) is 0 Å². The molecule has 3 heterocycles. The molecular weight excluding hydrogens is 302 g/mol. The van der Waals surface area contributed by atoms with Gasteiger partial charge >= 0.3 is 0 Å². The Morgan fingerprint density at radius 3 is 2.54 bits per heavy atom. The summed E-state index contributed by atoms with van der Waals surface area (Å²) in [4.78, 5) is 33.8. The summed E-state index contributed by atoms with van der Waals surface area (Å²) in [6.45, 7) is 2.25. The number of piperidine rings is 1. The third kappa shape index (κ3) is 3.04. The van der Waals surface area contributed by atoms with E-state index in [-0.39, 0.29) is 29.7 Å². The Labute approximate surface area is 143 Å². The maximum atomic E-state index is 13.1. The van der Waals surface area contributed by atoms with E-state index in [0.717, 1.165) is 57.3 Å². The molecule has 5 heteroatoms. The summed E-state index contributed by atoms with van der Waals surface area (Å²) >= 11 is 0. The van der Waals surface area contributed by atoms with Gasteiger partial charge in [-0.1, -0.05) is 6.07 Å². The Morgan fingerprint density at radius 2 is 1.79 bits per heavy atom. The zero-order valence-corrected chi connectivity index (χ0v) is 14.1. The second kappa shape index (κ2) is 6.54. The van der Waals surface area contributed by atoms with Crippen molar-refractivity contribution in [3.05, 3.63) is 30.1 Å². The van der Waals surface area contributed by atoms with Crippen LogP contribution in [-0.4, -0.2) is 46.2 Å². The average molecular weight is 327 g/mol. The van der Waals surface area contributed by atoms with Crippen LogP contribution in [0.15, 0.2) is 24.4 Å². The first-order valence-corrected chi connectivity index (χ1v) is 9.24. The molecule has 128 valence electrons. The lowest BCUT2D eigenvalue weighted by Crippen LogP contribution is -2.47. The van der Waals surface area contributed by atoms with Gasteiger partial charge in [-0.2, -0.15) is 0 Å². The topological polar surface area (TPSA) is 53.5 Å². The summed E-state index contributed by atoms with van der Waals surface area (Å²) in [6, 6.07) is 6.01. The summed E-state index contributed by atoms with van der Waals surface area (Å²) in [5.74, 6) is 0.698. The van der Waals surface area contributed by atoms with Crippen molar-refractivity contribution in [2.24, 2.45) is 11.8 Å². The molecule has 3 fully saturated rings.